The van der Waals surface area contributed by atoms with Crippen LogP contribution in [0.2, 0.25) is 5.02 Å². The summed E-state index contributed by atoms with van der Waals surface area (Å²) in [7, 11) is 1.61. The lowest BCUT2D eigenvalue weighted by Crippen LogP contribution is -2.41. The van der Waals surface area contributed by atoms with Crippen molar-refractivity contribution in [2.75, 3.05) is 26.7 Å². The van der Waals surface area contributed by atoms with Crippen LogP contribution in [0.3, 0.4) is 0 Å². The van der Waals surface area contributed by atoms with Gasteiger partial charge in [0.15, 0.2) is 0 Å². The summed E-state index contributed by atoms with van der Waals surface area (Å²) in [5, 5.41) is 9.63. The highest BCUT2D eigenvalue weighted by atomic mass is 35.5. The number of nitrogens with zero attached hydrogens (tertiary/aromatic N) is 2. The van der Waals surface area contributed by atoms with Crippen molar-refractivity contribution in [2.45, 2.75) is 70.4 Å². The van der Waals surface area contributed by atoms with Gasteiger partial charge in [0.25, 0.3) is 0 Å². The normalized spacial score (nSPS) is 23.8. The highest BCUT2D eigenvalue weighted by Crippen LogP contribution is 2.36. The highest BCUT2D eigenvalue weighted by Gasteiger charge is 2.33. The quantitative estimate of drug-likeness (QED) is 0.643. The predicted octanol–water partition coefficient (Wildman–Crippen LogP) is 5.65. The summed E-state index contributed by atoms with van der Waals surface area (Å²) in [4.78, 5) is 14.6. The number of likely N-dealkylation sites (tertiary alicyclic amines) is 1. The third kappa shape index (κ3) is 6.78. The molecule has 1 heterocycles. The molecular weight excluding hydrogens is 388 g/mol. The standard InChI is InChI=1S/C18H25ClN2O3.C5H10/c1-20(18(22)23)11-13-9-15(10-13)24-16-6-4-5-14(17(16)19)12-21-7-2-3-8-21;1-2-4-5-3-1/h4-6,13,15H,2-3,7-12H2,1H3,(H,22,23);1-5H2. The van der Waals surface area contributed by atoms with Crippen LogP contribution in [-0.2, 0) is 6.54 Å². The second kappa shape index (κ2) is 11.1. The van der Waals surface area contributed by atoms with E-state index in [0.717, 1.165) is 48.8 Å². The van der Waals surface area contributed by atoms with E-state index in [9.17, 15) is 4.79 Å². The van der Waals surface area contributed by atoms with Gasteiger partial charge in [-0.3, -0.25) is 4.90 Å². The van der Waals surface area contributed by atoms with Crippen LogP contribution >= 0.6 is 11.6 Å². The van der Waals surface area contributed by atoms with Crippen molar-refractivity contribution >= 4 is 17.7 Å². The molecule has 29 heavy (non-hydrogen) atoms. The topological polar surface area (TPSA) is 53.0 Å². The number of hydrogen-bond donors (Lipinski definition) is 1. The van der Waals surface area contributed by atoms with Crippen LogP contribution in [0, 0.1) is 5.92 Å². The lowest BCUT2D eigenvalue weighted by atomic mass is 9.82. The van der Waals surface area contributed by atoms with Gasteiger partial charge in [0.2, 0.25) is 0 Å². The molecule has 1 aromatic rings. The van der Waals surface area contributed by atoms with Gasteiger partial charge < -0.3 is 14.7 Å². The number of carbonyl (C=O) groups is 1. The Bertz CT molecular complexity index is 646. The molecule has 1 saturated heterocycles. The number of benzene rings is 1. The fourth-order valence-electron chi connectivity index (χ4n) is 4.40. The molecular formula is C23H35ClN2O3. The van der Waals surface area contributed by atoms with Crippen LogP contribution in [-0.4, -0.2) is 53.8 Å². The van der Waals surface area contributed by atoms with E-state index in [0.29, 0.717) is 12.5 Å². The Morgan fingerprint density at radius 2 is 1.76 bits per heavy atom. The van der Waals surface area contributed by atoms with Crippen LogP contribution in [0.5, 0.6) is 5.75 Å². The van der Waals surface area contributed by atoms with Crippen molar-refractivity contribution in [1.82, 2.24) is 9.80 Å². The molecule has 0 radical (unpaired) electrons. The summed E-state index contributed by atoms with van der Waals surface area (Å²) in [6.07, 6.45) is 11.0. The van der Waals surface area contributed by atoms with Gasteiger partial charge in [-0.1, -0.05) is 55.8 Å². The van der Waals surface area contributed by atoms with Gasteiger partial charge in [-0.2, -0.15) is 0 Å². The number of hydrogen-bond acceptors (Lipinski definition) is 3. The van der Waals surface area contributed by atoms with E-state index >= 15 is 0 Å². The molecule has 5 nitrogen and oxygen atoms in total. The van der Waals surface area contributed by atoms with Crippen LogP contribution < -0.4 is 4.74 Å². The van der Waals surface area contributed by atoms with Gasteiger partial charge in [0.05, 0.1) is 11.1 Å². The van der Waals surface area contributed by atoms with E-state index < -0.39 is 6.09 Å². The number of carboxylic acid groups (broad SMARTS) is 1. The Kier molecular flexibility index (Phi) is 8.49. The average Bonchev–Trinajstić information content (AvgIpc) is 3.39. The zero-order valence-electron chi connectivity index (χ0n) is 17.6. The molecule has 0 atom stereocenters. The van der Waals surface area contributed by atoms with E-state index in [-0.39, 0.29) is 6.10 Å². The van der Waals surface area contributed by atoms with Crippen LogP contribution in [0.1, 0.15) is 63.4 Å². The summed E-state index contributed by atoms with van der Waals surface area (Å²) < 4.78 is 6.04. The maximum atomic E-state index is 10.8. The molecule has 1 N–H and O–H groups in total. The first kappa shape index (κ1) is 22.2. The molecule has 3 fully saturated rings. The molecule has 0 spiro atoms. The van der Waals surface area contributed by atoms with E-state index in [1.54, 1.807) is 7.05 Å². The van der Waals surface area contributed by atoms with Gasteiger partial charge in [-0.25, -0.2) is 4.79 Å². The number of halogens is 1. The van der Waals surface area contributed by atoms with Crippen molar-refractivity contribution < 1.29 is 14.6 Å². The molecule has 6 heteroatoms. The Balaban J connectivity index is 0.000000419. The minimum atomic E-state index is -0.878. The molecule has 0 unspecified atom stereocenters. The second-order valence-electron chi connectivity index (χ2n) is 8.72. The molecule has 0 bridgehead atoms. The number of amides is 1. The smallest absolute Gasteiger partial charge is 0.407 e. The maximum Gasteiger partial charge on any atom is 0.407 e. The van der Waals surface area contributed by atoms with Crippen molar-refractivity contribution in [3.05, 3.63) is 28.8 Å². The van der Waals surface area contributed by atoms with Crippen molar-refractivity contribution in [3.8, 4) is 5.75 Å². The van der Waals surface area contributed by atoms with E-state index in [2.05, 4.69) is 11.0 Å². The number of rotatable bonds is 6. The Labute approximate surface area is 180 Å². The zero-order chi connectivity index (χ0) is 20.6. The van der Waals surface area contributed by atoms with E-state index in [1.807, 2.05) is 12.1 Å². The predicted molar refractivity (Wildman–Crippen MR) is 117 cm³/mol. The first-order valence-electron chi connectivity index (χ1n) is 11.1. The van der Waals surface area contributed by atoms with Gasteiger partial charge in [-0.05, 0) is 56.3 Å². The summed E-state index contributed by atoms with van der Waals surface area (Å²) in [5.41, 5.74) is 1.12. The van der Waals surface area contributed by atoms with Crippen molar-refractivity contribution in [2.24, 2.45) is 5.92 Å². The molecule has 1 amide bonds. The minimum absolute atomic E-state index is 0.136. The third-order valence-corrected chi connectivity index (χ3v) is 6.66. The second-order valence-corrected chi connectivity index (χ2v) is 9.10. The molecule has 162 valence electrons. The molecule has 1 aliphatic heterocycles. The van der Waals surface area contributed by atoms with Crippen LogP contribution in [0.15, 0.2) is 18.2 Å². The Morgan fingerprint density at radius 3 is 2.34 bits per heavy atom. The molecule has 0 aromatic heterocycles. The van der Waals surface area contributed by atoms with Crippen LogP contribution in [0.25, 0.3) is 0 Å². The van der Waals surface area contributed by atoms with Gasteiger partial charge in [0.1, 0.15) is 5.75 Å². The average molecular weight is 423 g/mol. The Morgan fingerprint density at radius 1 is 1.14 bits per heavy atom. The fourth-order valence-corrected chi connectivity index (χ4v) is 4.63. The Hall–Kier alpha value is -1.46. The molecule has 3 aliphatic rings. The molecule has 1 aromatic carbocycles. The largest absolute Gasteiger partial charge is 0.489 e. The molecule has 2 saturated carbocycles. The SMILES string of the molecule is C1CCCC1.CN(CC1CC(Oc2cccc(CN3CCCC3)c2Cl)C1)C(=O)O. The first-order valence-corrected chi connectivity index (χ1v) is 11.5. The fraction of sp³-hybridized carbons (Fsp3) is 0.696. The van der Waals surface area contributed by atoms with Gasteiger partial charge in [0, 0.05) is 20.1 Å². The zero-order valence-corrected chi connectivity index (χ0v) is 18.4. The van der Waals surface area contributed by atoms with Gasteiger partial charge in [-0.15, -0.1) is 0 Å². The minimum Gasteiger partial charge on any atom is -0.489 e. The summed E-state index contributed by atoms with van der Waals surface area (Å²) >= 11 is 6.54. The van der Waals surface area contributed by atoms with Crippen LogP contribution in [0.4, 0.5) is 4.79 Å². The molecule has 2 aliphatic carbocycles. The monoisotopic (exact) mass is 422 g/mol. The summed E-state index contributed by atoms with van der Waals surface area (Å²) in [6, 6.07) is 5.99. The highest BCUT2D eigenvalue weighted by molar-refractivity contribution is 6.32. The first-order chi connectivity index (χ1) is 14.0. The summed E-state index contributed by atoms with van der Waals surface area (Å²) in [5.74, 6) is 1.13. The van der Waals surface area contributed by atoms with Crippen molar-refractivity contribution in [1.29, 1.82) is 0 Å². The van der Waals surface area contributed by atoms with Crippen molar-refractivity contribution in [3.63, 3.8) is 0 Å². The van der Waals surface area contributed by atoms with Gasteiger partial charge >= 0.3 is 6.09 Å². The lowest BCUT2D eigenvalue weighted by molar-refractivity contribution is 0.0474. The lowest BCUT2D eigenvalue weighted by Gasteiger charge is -2.37. The maximum absolute atomic E-state index is 10.8. The van der Waals surface area contributed by atoms with E-state index in [4.69, 9.17) is 21.4 Å². The number of ether oxygens (including phenoxy) is 1. The summed E-state index contributed by atoms with van der Waals surface area (Å²) in [6.45, 7) is 3.73. The third-order valence-electron chi connectivity index (χ3n) is 6.23. The van der Waals surface area contributed by atoms with E-state index in [1.165, 1.54) is 49.8 Å². The molecule has 4 rings (SSSR count).